The Kier molecular flexibility index (Phi) is 15.0. The van der Waals surface area contributed by atoms with Gasteiger partial charge in [-0.25, -0.2) is 4.99 Å². The van der Waals surface area contributed by atoms with Crippen LogP contribution in [-0.2, 0) is 6.42 Å². The number of aliphatic imine (C=N–C) groups is 1. The van der Waals surface area contributed by atoms with E-state index in [4.69, 9.17) is 4.99 Å². The van der Waals surface area contributed by atoms with Crippen LogP contribution in [0, 0.1) is 6.92 Å². The Labute approximate surface area is 248 Å². The smallest absolute Gasteiger partial charge is 0.138 e. The van der Waals surface area contributed by atoms with E-state index >= 15 is 0 Å². The van der Waals surface area contributed by atoms with E-state index in [2.05, 4.69) is 62.9 Å². The second kappa shape index (κ2) is 18.4. The maximum atomic E-state index is 4.89. The van der Waals surface area contributed by atoms with Gasteiger partial charge in [0.1, 0.15) is 11.7 Å². The second-order valence-corrected chi connectivity index (χ2v) is 12.6. The lowest BCUT2D eigenvalue weighted by molar-refractivity contribution is 0.528. The van der Waals surface area contributed by atoms with Gasteiger partial charge in [-0.3, -0.25) is 0 Å². The van der Waals surface area contributed by atoms with Crippen LogP contribution < -0.4 is 5.32 Å². The van der Waals surface area contributed by atoms with E-state index in [1.54, 1.807) is 0 Å². The Morgan fingerprint density at radius 3 is 1.85 bits per heavy atom. The molecule has 0 aromatic heterocycles. The molecule has 1 N–H and O–H groups in total. The van der Waals surface area contributed by atoms with Crippen LogP contribution >= 0.6 is 0 Å². The number of nitrogens with one attached hydrogen (secondary N) is 1. The van der Waals surface area contributed by atoms with E-state index in [-0.39, 0.29) is 0 Å². The number of fused-ring (bicyclic) bond motifs is 2. The molecule has 0 saturated heterocycles. The Morgan fingerprint density at radius 1 is 0.750 bits per heavy atom. The van der Waals surface area contributed by atoms with Gasteiger partial charge in [-0.2, -0.15) is 0 Å². The molecule has 2 heterocycles. The van der Waals surface area contributed by atoms with Crippen molar-refractivity contribution in [3.8, 4) is 0 Å². The summed E-state index contributed by atoms with van der Waals surface area (Å²) in [7, 11) is 2.07. The van der Waals surface area contributed by atoms with Crippen molar-refractivity contribution in [1.29, 1.82) is 0 Å². The summed E-state index contributed by atoms with van der Waals surface area (Å²) in [5.41, 5.74) is 7.06. The zero-order chi connectivity index (χ0) is 28.6. The SMILES string of the molecule is C=C1N=C2Nc3c(ccc(CCCCCCCCCCCCC)c3C)C(CCCCCCCCCC)C2=CN1C. The van der Waals surface area contributed by atoms with E-state index in [0.29, 0.717) is 5.92 Å². The fraction of sp³-hybridized carbons (Fsp3) is 0.703. The summed E-state index contributed by atoms with van der Waals surface area (Å²) in [5, 5.41) is 3.76. The number of hydrogen-bond acceptors (Lipinski definition) is 3. The topological polar surface area (TPSA) is 27.6 Å². The fourth-order valence-electron chi connectivity index (χ4n) is 6.53. The Bertz CT molecular complexity index is 956. The minimum atomic E-state index is 0.417. The summed E-state index contributed by atoms with van der Waals surface area (Å²) in [6.07, 6.45) is 30.9. The highest BCUT2D eigenvalue weighted by Gasteiger charge is 2.32. The summed E-state index contributed by atoms with van der Waals surface area (Å²) < 4.78 is 0. The number of anilines is 1. The highest BCUT2D eigenvalue weighted by molar-refractivity contribution is 6.13. The lowest BCUT2D eigenvalue weighted by Crippen LogP contribution is -2.32. The average Bonchev–Trinajstić information content (AvgIpc) is 2.95. The van der Waals surface area contributed by atoms with E-state index in [1.807, 2.05) is 0 Å². The average molecular weight is 548 g/mol. The Balaban J connectivity index is 1.53. The van der Waals surface area contributed by atoms with Crippen molar-refractivity contribution in [3.05, 3.63) is 53.0 Å². The molecule has 1 aromatic rings. The first kappa shape index (κ1) is 32.5. The monoisotopic (exact) mass is 547 g/mol. The molecule has 0 spiro atoms. The van der Waals surface area contributed by atoms with Gasteiger partial charge < -0.3 is 10.2 Å². The maximum Gasteiger partial charge on any atom is 0.138 e. The number of unbranched alkanes of at least 4 members (excludes halogenated alkanes) is 17. The molecule has 1 unspecified atom stereocenters. The van der Waals surface area contributed by atoms with Crippen molar-refractivity contribution in [1.82, 2.24) is 4.90 Å². The van der Waals surface area contributed by atoms with Gasteiger partial charge in [0.2, 0.25) is 0 Å². The number of amidine groups is 1. The highest BCUT2D eigenvalue weighted by atomic mass is 15.2. The first-order chi connectivity index (χ1) is 19.6. The first-order valence-corrected chi connectivity index (χ1v) is 17.2. The van der Waals surface area contributed by atoms with Gasteiger partial charge in [0.05, 0.1) is 0 Å². The molecule has 0 radical (unpaired) electrons. The van der Waals surface area contributed by atoms with Gasteiger partial charge in [-0.1, -0.05) is 148 Å². The molecule has 3 nitrogen and oxygen atoms in total. The molecule has 0 amide bonds. The van der Waals surface area contributed by atoms with Gasteiger partial charge in [0.25, 0.3) is 0 Å². The zero-order valence-corrected chi connectivity index (χ0v) is 26.8. The van der Waals surface area contributed by atoms with Crippen LogP contribution in [0.5, 0.6) is 0 Å². The van der Waals surface area contributed by atoms with Crippen LogP contribution in [0.4, 0.5) is 5.69 Å². The zero-order valence-electron chi connectivity index (χ0n) is 26.8. The molecule has 0 saturated carbocycles. The molecule has 3 heteroatoms. The van der Waals surface area contributed by atoms with Gasteiger partial charge in [-0.05, 0) is 42.9 Å². The van der Waals surface area contributed by atoms with E-state index in [0.717, 1.165) is 11.7 Å². The standard InChI is InChI=1S/C37H61N3/c1-6-8-10-12-14-16-17-18-19-21-23-25-32-27-28-34-33(26-24-22-20-15-13-11-9-7-2)35-29-40(5)31(4)38-37(35)39-36(34)30(32)3/h27-29,33H,4,6-26H2,1-3,5H3,(H,38,39). The summed E-state index contributed by atoms with van der Waals surface area (Å²) in [6.45, 7) is 11.1. The van der Waals surface area contributed by atoms with Crippen molar-refractivity contribution >= 4 is 11.5 Å². The fourth-order valence-corrected chi connectivity index (χ4v) is 6.53. The van der Waals surface area contributed by atoms with Crippen molar-refractivity contribution < 1.29 is 0 Å². The number of nitrogens with zero attached hydrogens (tertiary/aromatic N) is 2. The van der Waals surface area contributed by atoms with Crippen LogP contribution in [0.1, 0.15) is 165 Å². The predicted octanol–water partition coefficient (Wildman–Crippen LogP) is 11.6. The molecule has 0 aliphatic carbocycles. The van der Waals surface area contributed by atoms with Crippen molar-refractivity contribution in [2.75, 3.05) is 12.4 Å². The second-order valence-electron chi connectivity index (χ2n) is 12.6. The van der Waals surface area contributed by atoms with Crippen LogP contribution in [0.15, 0.2) is 41.3 Å². The van der Waals surface area contributed by atoms with Crippen LogP contribution in [-0.4, -0.2) is 17.8 Å². The minimum Gasteiger partial charge on any atom is -0.339 e. The van der Waals surface area contributed by atoms with Crippen molar-refractivity contribution in [2.24, 2.45) is 4.99 Å². The molecule has 2 aliphatic rings. The van der Waals surface area contributed by atoms with Crippen molar-refractivity contribution in [2.45, 2.75) is 162 Å². The van der Waals surface area contributed by atoms with Gasteiger partial charge >= 0.3 is 0 Å². The van der Waals surface area contributed by atoms with Gasteiger partial charge in [-0.15, -0.1) is 0 Å². The Hall–Kier alpha value is -2.03. The summed E-state index contributed by atoms with van der Waals surface area (Å²) in [6, 6.07) is 4.86. The maximum absolute atomic E-state index is 4.89. The van der Waals surface area contributed by atoms with Crippen LogP contribution in [0.25, 0.3) is 0 Å². The predicted molar refractivity (Wildman–Crippen MR) is 177 cm³/mol. The minimum absolute atomic E-state index is 0.417. The van der Waals surface area contributed by atoms with Gasteiger partial charge in [0.15, 0.2) is 0 Å². The Morgan fingerprint density at radius 2 is 1.27 bits per heavy atom. The molecular weight excluding hydrogens is 486 g/mol. The molecule has 40 heavy (non-hydrogen) atoms. The first-order valence-electron chi connectivity index (χ1n) is 17.2. The van der Waals surface area contributed by atoms with Crippen LogP contribution in [0.2, 0.25) is 0 Å². The molecular formula is C37H61N3. The van der Waals surface area contributed by atoms with Crippen LogP contribution in [0.3, 0.4) is 0 Å². The number of rotatable bonds is 21. The number of benzene rings is 1. The third-order valence-corrected chi connectivity index (χ3v) is 9.25. The highest BCUT2D eigenvalue weighted by Crippen LogP contribution is 2.43. The molecule has 224 valence electrons. The molecule has 1 atom stereocenters. The summed E-state index contributed by atoms with van der Waals surface area (Å²) in [5.74, 6) is 2.26. The largest absolute Gasteiger partial charge is 0.339 e. The van der Waals surface area contributed by atoms with E-state index in [1.165, 1.54) is 163 Å². The van der Waals surface area contributed by atoms with E-state index < -0.39 is 0 Å². The van der Waals surface area contributed by atoms with Gasteiger partial charge in [0, 0.05) is 30.4 Å². The molecule has 0 bridgehead atoms. The molecule has 0 fully saturated rings. The summed E-state index contributed by atoms with van der Waals surface area (Å²) in [4.78, 5) is 6.97. The molecule has 2 aliphatic heterocycles. The molecule has 3 rings (SSSR count). The molecule has 1 aromatic carbocycles. The van der Waals surface area contributed by atoms with Crippen molar-refractivity contribution in [3.63, 3.8) is 0 Å². The van der Waals surface area contributed by atoms with E-state index in [9.17, 15) is 0 Å². The normalized spacial score (nSPS) is 16.4. The quantitative estimate of drug-likeness (QED) is 0.155. The third-order valence-electron chi connectivity index (χ3n) is 9.25. The lowest BCUT2D eigenvalue weighted by Gasteiger charge is -2.36. The lowest BCUT2D eigenvalue weighted by atomic mass is 9.80. The number of hydrogen-bond donors (Lipinski definition) is 1. The number of aryl methyl sites for hydroxylation is 1. The summed E-state index contributed by atoms with van der Waals surface area (Å²) >= 11 is 0. The third kappa shape index (κ3) is 10.1.